The average Bonchev–Trinajstić information content (AvgIpc) is 0.650. The normalized spacial score (nSPS) is 19.2. The maximum absolute atomic E-state index is 3.31. The molecule has 0 N–H and O–H groups in total. The van der Waals surface area contributed by atoms with E-state index in [1.807, 2.05) is 0 Å². The molecule has 6 heavy (non-hydrogen) atoms. The van der Waals surface area contributed by atoms with Crippen LogP contribution >= 0.6 is 67.1 Å². The molecule has 45 valence electrons. The van der Waals surface area contributed by atoms with Crippen LogP contribution in [0.4, 0.5) is 0 Å². The molecule has 0 aromatic rings. The van der Waals surface area contributed by atoms with Crippen LogP contribution in [0.5, 0.6) is 0 Å². The number of halogens is 5. The molecule has 0 aliphatic rings. The predicted molar refractivity (Wildman–Crippen MR) is 44.6 cm³/mol. The van der Waals surface area contributed by atoms with Crippen LogP contribution in [0.15, 0.2) is 0 Å². The van der Waals surface area contributed by atoms with Gasteiger partial charge in [-0.15, -0.1) is 0 Å². The van der Waals surface area contributed by atoms with E-state index in [0.717, 1.165) is 0 Å². The first kappa shape index (κ1) is 9.06. The van der Waals surface area contributed by atoms with E-state index in [1.54, 1.807) is 0 Å². The topological polar surface area (TPSA) is 0 Å². The fourth-order valence-corrected chi connectivity index (χ4v) is 0. The van der Waals surface area contributed by atoms with Crippen molar-refractivity contribution < 1.29 is 4.23 Å². The van der Waals surface area contributed by atoms with Gasteiger partial charge in [-0.2, -0.15) is 0 Å². The van der Waals surface area contributed by atoms with Gasteiger partial charge >= 0.3 is 71.4 Å². The molecule has 0 aromatic heterocycles. The molecular weight excluding hydrogens is 506 g/mol. The SMILES string of the molecule is [Br][Pd]([Br])([Br])([Br])[Br]. The summed E-state index contributed by atoms with van der Waals surface area (Å²) in [4.78, 5) is 0. The number of hydrogen-bond donors (Lipinski definition) is 0. The zero-order valence-electron chi connectivity index (χ0n) is 2.21. The molecule has 0 spiro atoms. The minimum atomic E-state index is -2.27. The molecule has 0 fully saturated rings. The predicted octanol–water partition coefficient (Wildman–Crippen LogP) is 4.23. The summed E-state index contributed by atoms with van der Waals surface area (Å²) in [5.74, 6) is 0. The third-order valence-electron chi connectivity index (χ3n) is 0. The standard InChI is InChI=1S/5BrH.Pd/h5*1H;/q;;;;;+5/p-5. The molecule has 0 amide bonds. The summed E-state index contributed by atoms with van der Waals surface area (Å²) in [5, 5.41) is 0. The molecule has 0 heterocycles. The fraction of sp³-hybridized carbons (Fsp3) is 0. The van der Waals surface area contributed by atoms with Gasteiger partial charge in [0, 0.05) is 0 Å². The van der Waals surface area contributed by atoms with Crippen molar-refractivity contribution in [2.45, 2.75) is 0 Å². The van der Waals surface area contributed by atoms with E-state index in [1.165, 1.54) is 0 Å². The Kier molecular flexibility index (Phi) is 3.56. The van der Waals surface area contributed by atoms with Crippen LogP contribution < -0.4 is 0 Å². The van der Waals surface area contributed by atoms with Crippen LogP contribution in [0.25, 0.3) is 0 Å². The molecule has 0 rings (SSSR count). The van der Waals surface area contributed by atoms with Gasteiger partial charge in [-0.05, 0) is 0 Å². The van der Waals surface area contributed by atoms with E-state index in [4.69, 9.17) is 0 Å². The molecular formula is Br5Pd. The van der Waals surface area contributed by atoms with Crippen molar-refractivity contribution in [3.63, 3.8) is 0 Å². The Morgan fingerprint density at radius 1 is 0.667 bits per heavy atom. The van der Waals surface area contributed by atoms with Gasteiger partial charge < -0.3 is 0 Å². The Hall–Kier alpha value is 3.06. The van der Waals surface area contributed by atoms with E-state index in [9.17, 15) is 0 Å². The number of hydrogen-bond acceptors (Lipinski definition) is 0. The zero-order valence-corrected chi connectivity index (χ0v) is 11.7. The first-order valence-electron chi connectivity index (χ1n) is 0.598. The Bertz CT molecular complexity index is 37.1. The van der Waals surface area contributed by atoms with Crippen LogP contribution in [-0.4, -0.2) is 0 Å². The van der Waals surface area contributed by atoms with Crippen molar-refractivity contribution in [2.24, 2.45) is 0 Å². The van der Waals surface area contributed by atoms with Gasteiger partial charge in [-0.25, -0.2) is 0 Å². The van der Waals surface area contributed by atoms with Crippen LogP contribution in [0, 0.1) is 0 Å². The molecule has 0 bridgehead atoms. The summed E-state index contributed by atoms with van der Waals surface area (Å²) in [7, 11) is 0. The Morgan fingerprint density at radius 3 is 0.667 bits per heavy atom. The quantitative estimate of drug-likeness (QED) is 0.432. The molecule has 0 saturated heterocycles. The number of rotatable bonds is 0. The molecule has 0 aliphatic carbocycles. The molecule has 0 aliphatic heterocycles. The third kappa shape index (κ3) is 27.7. The van der Waals surface area contributed by atoms with Gasteiger partial charge in [-0.1, -0.05) is 0 Å². The average molecular weight is 506 g/mol. The van der Waals surface area contributed by atoms with Crippen molar-refractivity contribution in [1.29, 1.82) is 0 Å². The summed E-state index contributed by atoms with van der Waals surface area (Å²) in [6, 6.07) is 0. The Morgan fingerprint density at radius 2 is 0.667 bits per heavy atom. The molecule has 0 nitrogen and oxygen atoms in total. The van der Waals surface area contributed by atoms with E-state index in [2.05, 4.69) is 67.1 Å². The fourth-order valence-electron chi connectivity index (χ4n) is 0. The zero-order chi connectivity index (χ0) is 5.45. The molecule has 0 aromatic carbocycles. The van der Waals surface area contributed by atoms with Crippen molar-refractivity contribution in [1.82, 2.24) is 0 Å². The van der Waals surface area contributed by atoms with E-state index in [-0.39, 0.29) is 0 Å². The van der Waals surface area contributed by atoms with Crippen LogP contribution in [-0.2, 0) is 4.23 Å². The molecule has 6 heteroatoms. The molecule has 0 unspecified atom stereocenters. The second-order valence-corrected chi connectivity index (χ2v) is 72.2. The van der Waals surface area contributed by atoms with E-state index < -0.39 is 4.23 Å². The van der Waals surface area contributed by atoms with E-state index in [0.29, 0.717) is 0 Å². The van der Waals surface area contributed by atoms with Gasteiger partial charge in [0.1, 0.15) is 0 Å². The Balaban J connectivity index is 3.73. The Labute approximate surface area is 69.8 Å². The second kappa shape index (κ2) is 2.36. The van der Waals surface area contributed by atoms with Crippen LogP contribution in [0.2, 0.25) is 0 Å². The summed E-state index contributed by atoms with van der Waals surface area (Å²) < 4.78 is -2.27. The van der Waals surface area contributed by atoms with Crippen LogP contribution in [0.3, 0.4) is 0 Å². The van der Waals surface area contributed by atoms with Crippen molar-refractivity contribution in [3.8, 4) is 0 Å². The summed E-state index contributed by atoms with van der Waals surface area (Å²) in [6.07, 6.45) is 0. The molecule has 0 saturated carbocycles. The minimum absolute atomic E-state index is 2.27. The van der Waals surface area contributed by atoms with Crippen LogP contribution in [0.1, 0.15) is 0 Å². The molecule has 0 radical (unpaired) electrons. The van der Waals surface area contributed by atoms with Crippen molar-refractivity contribution in [2.75, 3.05) is 0 Å². The van der Waals surface area contributed by atoms with Gasteiger partial charge in [0.15, 0.2) is 0 Å². The first-order valence-corrected chi connectivity index (χ1v) is 18.4. The van der Waals surface area contributed by atoms with Gasteiger partial charge in [0.2, 0.25) is 0 Å². The monoisotopic (exact) mass is 500 g/mol. The van der Waals surface area contributed by atoms with Gasteiger partial charge in [0.05, 0.1) is 0 Å². The summed E-state index contributed by atoms with van der Waals surface area (Å²) in [5.41, 5.74) is 0. The molecule has 0 atom stereocenters. The summed E-state index contributed by atoms with van der Waals surface area (Å²) in [6.45, 7) is 0. The van der Waals surface area contributed by atoms with Gasteiger partial charge in [0.25, 0.3) is 0 Å². The maximum atomic E-state index is 3.31. The van der Waals surface area contributed by atoms with Crippen molar-refractivity contribution >= 4 is 67.1 Å². The summed E-state index contributed by atoms with van der Waals surface area (Å²) >= 11 is 16.5. The first-order chi connectivity index (χ1) is 2.24. The van der Waals surface area contributed by atoms with E-state index >= 15 is 0 Å². The van der Waals surface area contributed by atoms with Gasteiger partial charge in [-0.3, -0.25) is 0 Å². The second-order valence-electron chi connectivity index (χ2n) is 0.452. The van der Waals surface area contributed by atoms with Crippen molar-refractivity contribution in [3.05, 3.63) is 0 Å². The third-order valence-corrected chi connectivity index (χ3v) is 0.